The number of hydrogen-bond acceptors (Lipinski definition) is 7. The summed E-state index contributed by atoms with van der Waals surface area (Å²) < 4.78 is 40.9. The molecule has 1 aromatic rings. The van der Waals surface area contributed by atoms with Crippen LogP contribution in [0.1, 0.15) is 38.7 Å². The molecule has 0 amide bonds. The van der Waals surface area contributed by atoms with Gasteiger partial charge in [0.15, 0.2) is 11.6 Å². The molecule has 2 rings (SSSR count). The van der Waals surface area contributed by atoms with Crippen molar-refractivity contribution in [2.24, 2.45) is 0 Å². The molecule has 1 aliphatic heterocycles. The number of ether oxygens (including phenoxy) is 2. The minimum absolute atomic E-state index is 0.00518. The van der Waals surface area contributed by atoms with E-state index in [-0.39, 0.29) is 43.3 Å². The molecule has 0 bridgehead atoms. The third-order valence-electron chi connectivity index (χ3n) is 4.58. The highest BCUT2D eigenvalue weighted by Crippen LogP contribution is 2.29. The Labute approximate surface area is 154 Å². The van der Waals surface area contributed by atoms with Crippen molar-refractivity contribution in [2.45, 2.75) is 56.3 Å². The van der Waals surface area contributed by atoms with Gasteiger partial charge in [-0.15, -0.1) is 0 Å². The van der Waals surface area contributed by atoms with E-state index in [9.17, 15) is 18.3 Å². The first-order valence-electron chi connectivity index (χ1n) is 8.60. The first-order valence-corrected chi connectivity index (χ1v) is 10.0. The van der Waals surface area contributed by atoms with Gasteiger partial charge in [0.05, 0.1) is 18.1 Å². The van der Waals surface area contributed by atoms with E-state index >= 15 is 0 Å². The number of rotatable bonds is 9. The minimum Gasteiger partial charge on any atom is -0.382 e. The van der Waals surface area contributed by atoms with Gasteiger partial charge in [0.2, 0.25) is 0 Å². The van der Waals surface area contributed by atoms with E-state index in [1.54, 1.807) is 19.1 Å². The van der Waals surface area contributed by atoms with Crippen LogP contribution in [0.3, 0.4) is 0 Å². The molecule has 26 heavy (non-hydrogen) atoms. The third-order valence-corrected chi connectivity index (χ3v) is 5.86. The summed E-state index contributed by atoms with van der Waals surface area (Å²) in [4.78, 5) is 12.2. The number of Topliss-reactive ketones (excluding diaryl/α,β-unsaturated/α-hetero) is 1. The number of hydrogen-bond donors (Lipinski definition) is 1. The van der Waals surface area contributed by atoms with Crippen LogP contribution in [-0.4, -0.2) is 50.5 Å². The molecule has 0 aromatic heterocycles. The third kappa shape index (κ3) is 5.11. The molecule has 1 aromatic carbocycles. The van der Waals surface area contributed by atoms with Crippen molar-refractivity contribution < 1.29 is 32.0 Å². The smallest absolute Gasteiger partial charge is 0.297 e. The zero-order valence-electron chi connectivity index (χ0n) is 15.4. The molecule has 1 saturated heterocycles. The highest BCUT2D eigenvalue weighted by Gasteiger charge is 2.40. The van der Waals surface area contributed by atoms with Crippen LogP contribution < -0.4 is 0 Å². The van der Waals surface area contributed by atoms with Crippen LogP contribution in [0.5, 0.6) is 0 Å². The van der Waals surface area contributed by atoms with E-state index in [0.29, 0.717) is 6.42 Å². The van der Waals surface area contributed by atoms with Crippen molar-refractivity contribution in [3.05, 3.63) is 29.8 Å². The molecule has 1 aliphatic rings. The summed E-state index contributed by atoms with van der Waals surface area (Å²) in [6, 6.07) is 6.30. The van der Waals surface area contributed by atoms with Gasteiger partial charge in [-0.25, -0.2) is 0 Å². The highest BCUT2D eigenvalue weighted by atomic mass is 32.2. The van der Waals surface area contributed by atoms with Gasteiger partial charge in [0, 0.05) is 12.8 Å². The summed E-state index contributed by atoms with van der Waals surface area (Å²) in [5.41, 5.74) is -0.487. The largest absolute Gasteiger partial charge is 0.382 e. The normalized spacial score (nSPS) is 19.2. The van der Waals surface area contributed by atoms with Crippen molar-refractivity contribution in [1.82, 2.24) is 0 Å². The van der Waals surface area contributed by atoms with Gasteiger partial charge in [-0.1, -0.05) is 24.6 Å². The Morgan fingerprint density at radius 1 is 1.27 bits per heavy atom. The number of ketones is 1. The number of carbonyl (C=O) groups excluding carboxylic acids is 1. The van der Waals surface area contributed by atoms with Crippen molar-refractivity contribution in [1.29, 1.82) is 0 Å². The van der Waals surface area contributed by atoms with E-state index in [0.717, 1.165) is 5.56 Å². The first-order chi connectivity index (χ1) is 12.1. The van der Waals surface area contributed by atoms with Crippen LogP contribution >= 0.6 is 0 Å². The second-order valence-corrected chi connectivity index (χ2v) is 8.30. The van der Waals surface area contributed by atoms with E-state index in [2.05, 4.69) is 0 Å². The maximum absolute atomic E-state index is 12.3. The molecule has 0 radical (unpaired) electrons. The topological polar surface area (TPSA) is 99.1 Å². The van der Waals surface area contributed by atoms with Gasteiger partial charge >= 0.3 is 0 Å². The van der Waals surface area contributed by atoms with Crippen LogP contribution in [0.4, 0.5) is 0 Å². The zero-order chi connectivity index (χ0) is 19.4. The molecule has 146 valence electrons. The standard InChI is InChI=1S/C18H26O7S/c1-4-17(3,20)16(19)9-10-18(23-11-12-24-18)13-25-26(21,22)15-7-5-14(2)6-8-15/h5-8,20H,4,9-13H2,1-3H3. The van der Waals surface area contributed by atoms with Crippen molar-refractivity contribution in [3.8, 4) is 0 Å². The van der Waals surface area contributed by atoms with Crippen molar-refractivity contribution >= 4 is 15.9 Å². The molecule has 1 atom stereocenters. The summed E-state index contributed by atoms with van der Waals surface area (Å²) in [6.45, 7) is 5.24. The van der Waals surface area contributed by atoms with Gasteiger partial charge in [0.1, 0.15) is 12.2 Å². The summed E-state index contributed by atoms with van der Waals surface area (Å²) in [5.74, 6) is -1.66. The van der Waals surface area contributed by atoms with Gasteiger partial charge in [-0.2, -0.15) is 8.42 Å². The second-order valence-electron chi connectivity index (χ2n) is 6.69. The van der Waals surface area contributed by atoms with Crippen molar-refractivity contribution in [2.75, 3.05) is 19.8 Å². The van der Waals surface area contributed by atoms with Crippen LogP contribution in [0.25, 0.3) is 0 Å². The minimum atomic E-state index is -3.97. The van der Waals surface area contributed by atoms with Crippen molar-refractivity contribution in [3.63, 3.8) is 0 Å². The summed E-state index contributed by atoms with van der Waals surface area (Å²) in [7, 11) is -3.97. The molecule has 0 saturated carbocycles. The maximum atomic E-state index is 12.3. The molecule has 1 heterocycles. The predicted octanol–water partition coefficient (Wildman–Crippen LogP) is 1.95. The molecule has 1 N–H and O–H groups in total. The Kier molecular flexibility index (Phi) is 6.57. The lowest BCUT2D eigenvalue weighted by Crippen LogP contribution is -2.40. The number of aryl methyl sites for hydroxylation is 1. The van der Waals surface area contributed by atoms with E-state index in [1.807, 2.05) is 6.92 Å². The van der Waals surface area contributed by atoms with E-state index < -0.39 is 21.5 Å². The summed E-state index contributed by atoms with van der Waals surface area (Å²) >= 11 is 0. The average Bonchev–Trinajstić information content (AvgIpc) is 3.08. The fraction of sp³-hybridized carbons (Fsp3) is 0.611. The zero-order valence-corrected chi connectivity index (χ0v) is 16.2. The Hall–Kier alpha value is -1.32. The van der Waals surface area contributed by atoms with Gasteiger partial charge in [-0.3, -0.25) is 8.98 Å². The lowest BCUT2D eigenvalue weighted by atomic mass is 9.93. The molecule has 0 spiro atoms. The van der Waals surface area contributed by atoms with Gasteiger partial charge in [-0.05, 0) is 32.4 Å². The predicted molar refractivity (Wildman–Crippen MR) is 94.1 cm³/mol. The van der Waals surface area contributed by atoms with E-state index in [4.69, 9.17) is 13.7 Å². The molecule has 7 nitrogen and oxygen atoms in total. The van der Waals surface area contributed by atoms with Crippen LogP contribution in [0, 0.1) is 6.92 Å². The lowest BCUT2D eigenvalue weighted by Gasteiger charge is -2.28. The van der Waals surface area contributed by atoms with Crippen LogP contribution in [0.15, 0.2) is 29.2 Å². The maximum Gasteiger partial charge on any atom is 0.297 e. The van der Waals surface area contributed by atoms with Gasteiger partial charge in [0.25, 0.3) is 10.1 Å². The number of carbonyl (C=O) groups is 1. The average molecular weight is 386 g/mol. The van der Waals surface area contributed by atoms with Crippen LogP contribution in [0.2, 0.25) is 0 Å². The second kappa shape index (κ2) is 8.14. The quantitative estimate of drug-likeness (QED) is 0.648. The fourth-order valence-electron chi connectivity index (χ4n) is 2.51. The van der Waals surface area contributed by atoms with E-state index in [1.165, 1.54) is 19.1 Å². The molecule has 0 aliphatic carbocycles. The van der Waals surface area contributed by atoms with Gasteiger partial charge < -0.3 is 14.6 Å². The Balaban J connectivity index is 2.03. The molecule has 8 heteroatoms. The first kappa shape index (κ1) is 21.0. The molecular formula is C18H26O7S. The monoisotopic (exact) mass is 386 g/mol. The molecule has 1 fully saturated rings. The summed E-state index contributed by atoms with van der Waals surface area (Å²) in [6.07, 6.45) is 0.388. The SMILES string of the molecule is CCC(C)(O)C(=O)CCC1(COS(=O)(=O)c2ccc(C)cc2)OCCO1. The Morgan fingerprint density at radius 3 is 2.38 bits per heavy atom. The highest BCUT2D eigenvalue weighted by molar-refractivity contribution is 7.86. The molecular weight excluding hydrogens is 360 g/mol. The lowest BCUT2D eigenvalue weighted by molar-refractivity contribution is -0.184. The summed E-state index contributed by atoms with van der Waals surface area (Å²) in [5, 5.41) is 10.0. The fourth-order valence-corrected chi connectivity index (χ4v) is 3.45. The van der Waals surface area contributed by atoms with Crippen LogP contribution in [-0.2, 0) is 28.6 Å². The Bertz CT molecular complexity index is 716. The number of benzene rings is 1. The number of aliphatic hydroxyl groups is 1. The molecule has 1 unspecified atom stereocenters. The Morgan fingerprint density at radius 2 is 1.85 bits per heavy atom.